The minimum absolute atomic E-state index is 0.0950. The molecule has 2 heterocycles. The summed E-state index contributed by atoms with van der Waals surface area (Å²) in [6.45, 7) is 3.20. The first-order valence-electron chi connectivity index (χ1n) is 11.0. The van der Waals surface area contributed by atoms with Gasteiger partial charge in [-0.15, -0.1) is 0 Å². The van der Waals surface area contributed by atoms with Gasteiger partial charge in [-0.1, -0.05) is 17.7 Å². The zero-order chi connectivity index (χ0) is 23.4. The summed E-state index contributed by atoms with van der Waals surface area (Å²) in [6, 6.07) is 10.9. The summed E-state index contributed by atoms with van der Waals surface area (Å²) in [7, 11) is -3.57. The molecular weight excluding hydrogens is 469 g/mol. The first kappa shape index (κ1) is 24.1. The zero-order valence-electron chi connectivity index (χ0n) is 18.2. The van der Waals surface area contributed by atoms with Crippen molar-refractivity contribution in [1.82, 2.24) is 9.21 Å². The highest BCUT2D eigenvalue weighted by Gasteiger charge is 2.28. The number of sulfonamides is 1. The van der Waals surface area contributed by atoms with Gasteiger partial charge in [0.15, 0.2) is 0 Å². The number of carbonyl (C=O) groups is 1. The highest BCUT2D eigenvalue weighted by Crippen LogP contribution is 2.26. The smallest absolute Gasteiger partial charge is 0.243 e. The Morgan fingerprint density at radius 1 is 1.06 bits per heavy atom. The first-order valence-corrected chi connectivity index (χ1v) is 12.8. The number of hydrogen-bond donors (Lipinski definition) is 1. The standard InChI is InChI=1S/C23H27ClFN3O4S/c24-21-2-1-3-22(25)20(21)16-27-10-8-17(9-11-27)23(29)26-18-4-6-19(7-5-18)33(30,31)28-12-14-32-15-13-28/h1-7,17H,8-16H2,(H,26,29). The van der Waals surface area contributed by atoms with Gasteiger partial charge >= 0.3 is 0 Å². The number of carbonyl (C=O) groups excluding carboxylic acids is 1. The molecule has 0 spiro atoms. The minimum Gasteiger partial charge on any atom is -0.379 e. The second-order valence-corrected chi connectivity index (χ2v) is 10.6. The van der Waals surface area contributed by atoms with Gasteiger partial charge in [0.05, 0.1) is 18.1 Å². The van der Waals surface area contributed by atoms with Crippen LogP contribution in [0.15, 0.2) is 47.4 Å². The second-order valence-electron chi connectivity index (χ2n) is 8.28. The molecule has 2 aliphatic heterocycles. The number of rotatable bonds is 6. The molecule has 0 aromatic heterocycles. The number of anilines is 1. The van der Waals surface area contributed by atoms with Crippen LogP contribution in [0.5, 0.6) is 0 Å². The molecule has 0 saturated carbocycles. The van der Waals surface area contributed by atoms with E-state index in [9.17, 15) is 17.6 Å². The van der Waals surface area contributed by atoms with Crippen molar-refractivity contribution in [3.05, 3.63) is 58.9 Å². The fourth-order valence-corrected chi connectivity index (χ4v) is 5.78. The number of morpholine rings is 1. The molecular formula is C23H27ClFN3O4S. The second kappa shape index (κ2) is 10.5. The lowest BCUT2D eigenvalue weighted by Gasteiger charge is -2.31. The van der Waals surface area contributed by atoms with Crippen LogP contribution in [0.3, 0.4) is 0 Å². The highest BCUT2D eigenvalue weighted by molar-refractivity contribution is 7.89. The van der Waals surface area contributed by atoms with E-state index in [-0.39, 0.29) is 22.5 Å². The van der Waals surface area contributed by atoms with E-state index in [2.05, 4.69) is 10.2 Å². The van der Waals surface area contributed by atoms with Crippen molar-refractivity contribution < 1.29 is 22.3 Å². The van der Waals surface area contributed by atoms with Crippen molar-refractivity contribution in [1.29, 1.82) is 0 Å². The number of nitrogens with zero attached hydrogens (tertiary/aromatic N) is 2. The third kappa shape index (κ3) is 5.73. The number of hydrogen-bond acceptors (Lipinski definition) is 5. The summed E-state index contributed by atoms with van der Waals surface area (Å²) in [4.78, 5) is 15.0. The van der Waals surface area contributed by atoms with Crippen LogP contribution in [0, 0.1) is 11.7 Å². The molecule has 0 atom stereocenters. The van der Waals surface area contributed by atoms with E-state index in [4.69, 9.17) is 16.3 Å². The van der Waals surface area contributed by atoms with E-state index in [1.807, 2.05) is 0 Å². The summed E-state index contributed by atoms with van der Waals surface area (Å²) in [5, 5.41) is 3.30. The van der Waals surface area contributed by atoms with Gasteiger partial charge in [-0.3, -0.25) is 9.69 Å². The van der Waals surface area contributed by atoms with E-state index in [1.54, 1.807) is 24.3 Å². The summed E-state index contributed by atoms with van der Waals surface area (Å²) in [5.74, 6) is -0.571. The van der Waals surface area contributed by atoms with E-state index in [1.165, 1.54) is 22.5 Å². The van der Waals surface area contributed by atoms with Crippen LogP contribution >= 0.6 is 11.6 Å². The quantitative estimate of drug-likeness (QED) is 0.665. The molecule has 0 radical (unpaired) electrons. The van der Waals surface area contributed by atoms with Crippen molar-refractivity contribution >= 4 is 33.2 Å². The summed E-state index contributed by atoms with van der Waals surface area (Å²) >= 11 is 6.12. The molecule has 7 nitrogen and oxygen atoms in total. The fraction of sp³-hybridized carbons (Fsp3) is 0.435. The van der Waals surface area contributed by atoms with Crippen LogP contribution in [0.25, 0.3) is 0 Å². The van der Waals surface area contributed by atoms with E-state index < -0.39 is 10.0 Å². The lowest BCUT2D eigenvalue weighted by molar-refractivity contribution is -0.121. The van der Waals surface area contributed by atoms with Crippen molar-refractivity contribution in [2.45, 2.75) is 24.3 Å². The largest absolute Gasteiger partial charge is 0.379 e. The number of ether oxygens (including phenoxy) is 1. The third-order valence-electron chi connectivity index (χ3n) is 6.13. The van der Waals surface area contributed by atoms with Crippen molar-refractivity contribution in [2.75, 3.05) is 44.7 Å². The average molecular weight is 496 g/mol. The van der Waals surface area contributed by atoms with E-state index in [0.717, 1.165) is 0 Å². The molecule has 4 rings (SSSR count). The maximum Gasteiger partial charge on any atom is 0.243 e. The van der Waals surface area contributed by atoms with Gasteiger partial charge < -0.3 is 10.1 Å². The molecule has 2 fully saturated rings. The van der Waals surface area contributed by atoms with Gasteiger partial charge in [0, 0.05) is 41.8 Å². The monoisotopic (exact) mass is 495 g/mol. The molecule has 1 amide bonds. The average Bonchev–Trinajstić information content (AvgIpc) is 2.83. The Morgan fingerprint density at radius 2 is 1.73 bits per heavy atom. The molecule has 1 N–H and O–H groups in total. The predicted molar refractivity (Wildman–Crippen MR) is 124 cm³/mol. The fourth-order valence-electron chi connectivity index (χ4n) is 4.15. The van der Waals surface area contributed by atoms with E-state index >= 15 is 0 Å². The number of amides is 1. The Labute approximate surface area is 198 Å². The Hall–Kier alpha value is -2.04. The van der Waals surface area contributed by atoms with Crippen LogP contribution in [-0.2, 0) is 26.1 Å². The lowest BCUT2D eigenvalue weighted by atomic mass is 9.95. The Kier molecular flexibility index (Phi) is 7.65. The molecule has 2 aromatic rings. The van der Waals surface area contributed by atoms with E-state index in [0.29, 0.717) is 75.1 Å². The number of likely N-dealkylation sites (tertiary alicyclic amines) is 1. The molecule has 0 unspecified atom stereocenters. The van der Waals surface area contributed by atoms with Crippen LogP contribution in [0.2, 0.25) is 5.02 Å². The lowest BCUT2D eigenvalue weighted by Crippen LogP contribution is -2.40. The van der Waals surface area contributed by atoms with Gasteiger partial charge in [0.2, 0.25) is 15.9 Å². The van der Waals surface area contributed by atoms with Crippen molar-refractivity contribution in [3.8, 4) is 0 Å². The number of benzene rings is 2. The topological polar surface area (TPSA) is 79.0 Å². The molecule has 33 heavy (non-hydrogen) atoms. The maximum absolute atomic E-state index is 14.0. The predicted octanol–water partition coefficient (Wildman–Crippen LogP) is 3.35. The van der Waals surface area contributed by atoms with Crippen LogP contribution in [0.1, 0.15) is 18.4 Å². The van der Waals surface area contributed by atoms with Gasteiger partial charge in [0.25, 0.3) is 0 Å². The van der Waals surface area contributed by atoms with Crippen LogP contribution in [-0.4, -0.2) is 62.9 Å². The molecule has 2 aromatic carbocycles. The van der Waals surface area contributed by atoms with Gasteiger partial charge in [-0.05, 0) is 62.3 Å². The Bertz CT molecular complexity index is 1060. The molecule has 2 aliphatic rings. The molecule has 10 heteroatoms. The van der Waals surface area contributed by atoms with Gasteiger partial charge in [0.1, 0.15) is 5.82 Å². The maximum atomic E-state index is 14.0. The third-order valence-corrected chi connectivity index (χ3v) is 8.40. The van der Waals surface area contributed by atoms with Crippen molar-refractivity contribution in [3.63, 3.8) is 0 Å². The SMILES string of the molecule is O=C(Nc1ccc(S(=O)(=O)N2CCOCC2)cc1)C1CCN(Cc2c(F)cccc2Cl)CC1. The van der Waals surface area contributed by atoms with Gasteiger partial charge in [-0.25, -0.2) is 12.8 Å². The molecule has 2 saturated heterocycles. The van der Waals surface area contributed by atoms with Crippen LogP contribution < -0.4 is 5.32 Å². The first-order chi connectivity index (χ1) is 15.8. The Balaban J connectivity index is 1.30. The Morgan fingerprint density at radius 3 is 2.36 bits per heavy atom. The van der Waals surface area contributed by atoms with Crippen molar-refractivity contribution in [2.24, 2.45) is 5.92 Å². The number of nitrogens with one attached hydrogen (secondary N) is 1. The minimum atomic E-state index is -3.57. The van der Waals surface area contributed by atoms with Crippen LogP contribution in [0.4, 0.5) is 10.1 Å². The molecule has 178 valence electrons. The highest BCUT2D eigenvalue weighted by atomic mass is 35.5. The summed E-state index contributed by atoms with van der Waals surface area (Å²) in [5.41, 5.74) is 1.04. The van der Waals surface area contributed by atoms with Gasteiger partial charge in [-0.2, -0.15) is 4.31 Å². The molecule has 0 aliphatic carbocycles. The number of halogens is 2. The zero-order valence-corrected chi connectivity index (χ0v) is 19.7. The number of piperidine rings is 1. The normalized spacial score (nSPS) is 18.8. The molecule has 0 bridgehead atoms. The summed E-state index contributed by atoms with van der Waals surface area (Å²) < 4.78 is 46.1. The summed E-state index contributed by atoms with van der Waals surface area (Å²) in [6.07, 6.45) is 1.31.